The lowest BCUT2D eigenvalue weighted by atomic mass is 9.84. The molecule has 0 unspecified atom stereocenters. The van der Waals surface area contributed by atoms with E-state index in [4.69, 9.17) is 0 Å². The highest BCUT2D eigenvalue weighted by Crippen LogP contribution is 2.41. The van der Waals surface area contributed by atoms with Crippen molar-refractivity contribution in [3.8, 4) is 17.2 Å². The summed E-state index contributed by atoms with van der Waals surface area (Å²) in [4.78, 5) is 19.8. The van der Waals surface area contributed by atoms with E-state index in [2.05, 4.69) is 360 Å². The SMILES string of the molecule is CC(C)(C)c1ccc([S+](c2ccccc2)c2ccc(C(C)(C)C)cc2)cc1.Cc1ccccc1[S+](c1ccccc1C)c1ccccc1C.Oc1ccc([S+](c2ccccc2)c2ccc(O)cc2)cc1.Oc1ccc([S+](c2ccccc2)c2ccccc2)cc1.c1ccc([S+](c2ccccc2)c2ccc(C3CCCCC3)cc2)cc1. The minimum atomic E-state index is -0.253. The van der Waals surface area contributed by atoms with Gasteiger partial charge in [0.25, 0.3) is 0 Å². The lowest BCUT2D eigenvalue weighted by Gasteiger charge is -2.22. The summed E-state index contributed by atoms with van der Waals surface area (Å²) in [6.45, 7) is 20.3. The zero-order valence-electron chi connectivity index (χ0n) is 67.6. The van der Waals surface area contributed by atoms with E-state index in [1.54, 1.807) is 36.4 Å². The van der Waals surface area contributed by atoms with Gasteiger partial charge >= 0.3 is 0 Å². The van der Waals surface area contributed by atoms with E-state index in [0.717, 1.165) is 15.7 Å². The fourth-order valence-electron chi connectivity index (χ4n) is 13.9. The second-order valence-electron chi connectivity index (χ2n) is 30.6. The van der Waals surface area contributed by atoms with E-state index in [1.165, 1.54) is 129 Å². The zero-order valence-corrected chi connectivity index (χ0v) is 71.7. The van der Waals surface area contributed by atoms with E-state index in [0.29, 0.717) is 5.75 Å². The molecule has 0 saturated heterocycles. The molecule has 3 nitrogen and oxygen atoms in total. The molecule has 0 radical (unpaired) electrons. The maximum atomic E-state index is 9.49. The summed E-state index contributed by atoms with van der Waals surface area (Å²) in [7, 11) is -0.549. The Morgan fingerprint density at radius 2 is 0.400 bits per heavy atom. The molecule has 0 bridgehead atoms. The van der Waals surface area contributed by atoms with E-state index in [1.807, 2.05) is 66.7 Å². The first kappa shape index (κ1) is 83.9. The summed E-state index contributed by atoms with van der Waals surface area (Å²) in [5, 5.41) is 28.5. The Morgan fingerprint density at radius 3 is 0.617 bits per heavy atom. The Balaban J connectivity index is 0.000000133. The van der Waals surface area contributed by atoms with Gasteiger partial charge in [0.05, 0.1) is 43.6 Å². The number of aromatic hydroxyl groups is 3. The highest BCUT2D eigenvalue weighted by Gasteiger charge is 2.36. The van der Waals surface area contributed by atoms with Crippen molar-refractivity contribution in [2.75, 3.05) is 0 Å². The summed E-state index contributed by atoms with van der Waals surface area (Å²) in [6.07, 6.45) is 6.93. The van der Waals surface area contributed by atoms with Crippen LogP contribution in [0.3, 0.4) is 0 Å². The first-order chi connectivity index (χ1) is 55.8. The molecule has 0 heterocycles. The van der Waals surface area contributed by atoms with E-state index >= 15 is 0 Å². The van der Waals surface area contributed by atoms with Crippen molar-refractivity contribution in [2.45, 2.75) is 185 Å². The van der Waals surface area contributed by atoms with E-state index in [-0.39, 0.29) is 76.8 Å². The molecule has 1 aliphatic rings. The standard InChI is InChI=1S/C26H31S.C24H25S.C21H21S.C18H14O2S.C18H14OS/c1-25(2,3)20-12-16-23(17-13-20)27(22-10-8-7-9-11-22)24-18-14-21(15-19-24)26(4,5)6;1-4-10-20(11-5-1)21-16-18-24(19-17-21)25(22-12-6-2-7-13-22)23-14-8-3-9-15-23;1-16-10-4-7-13-19(16)22(20-14-8-5-11-17(20)2)21-15-9-6-12-18(21)3;19-14-6-10-17(11-7-14)21(16-4-2-1-3-5-16)18-12-8-15(20)9-13-18;19-15-11-13-18(14-12-15)20(16-7-3-1-4-8-16)17-9-5-2-6-10-17/h7-19H,1-6H3;2-3,6-9,12-20H,1,4-5,10-11H2;4-15H,1-3H3;1-13H,(H-,19,20);1-14H/q3*+1;;/p+2. The maximum Gasteiger partial charge on any atom is 0.169 e. The molecule has 0 aromatic heterocycles. The number of hydrogen-bond donors (Lipinski definition) is 3. The smallest absolute Gasteiger partial charge is 0.169 e. The number of hydrogen-bond acceptors (Lipinski definition) is 3. The highest BCUT2D eigenvalue weighted by atomic mass is 32.2. The first-order valence-electron chi connectivity index (χ1n) is 39.7. The lowest BCUT2D eigenvalue weighted by molar-refractivity contribution is 0.443. The van der Waals surface area contributed by atoms with Gasteiger partial charge in [-0.25, -0.2) is 0 Å². The third-order valence-electron chi connectivity index (χ3n) is 20.1. The lowest BCUT2D eigenvalue weighted by Crippen LogP contribution is -2.12. The Labute approximate surface area is 699 Å². The molecule has 578 valence electrons. The zero-order chi connectivity index (χ0) is 80.5. The van der Waals surface area contributed by atoms with Crippen molar-refractivity contribution in [1.29, 1.82) is 0 Å². The van der Waals surface area contributed by atoms with Crippen LogP contribution in [-0.4, -0.2) is 15.3 Å². The number of rotatable bonds is 16. The minimum Gasteiger partial charge on any atom is -0.508 e. The number of benzene rings is 15. The third-order valence-corrected chi connectivity index (χ3v) is 31.8. The summed E-state index contributed by atoms with van der Waals surface area (Å²) < 4.78 is 0. The van der Waals surface area contributed by atoms with Crippen molar-refractivity contribution < 1.29 is 15.3 Å². The summed E-state index contributed by atoms with van der Waals surface area (Å²) in [5.41, 5.74) is 8.73. The van der Waals surface area contributed by atoms with Crippen LogP contribution in [0.4, 0.5) is 0 Å². The van der Waals surface area contributed by atoms with Crippen LogP contribution in [0.1, 0.15) is 113 Å². The Morgan fingerprint density at radius 1 is 0.209 bits per heavy atom. The molecule has 0 spiro atoms. The van der Waals surface area contributed by atoms with Crippen LogP contribution in [-0.2, 0) is 65.3 Å². The second-order valence-corrected chi connectivity index (χ2v) is 40.7. The summed E-state index contributed by atoms with van der Waals surface area (Å²) >= 11 is 0. The predicted molar refractivity (Wildman–Crippen MR) is 490 cm³/mol. The highest BCUT2D eigenvalue weighted by molar-refractivity contribution is 7.98. The van der Waals surface area contributed by atoms with Gasteiger partial charge in [-0.1, -0.05) is 261 Å². The van der Waals surface area contributed by atoms with Crippen molar-refractivity contribution in [3.63, 3.8) is 0 Å². The Kier molecular flexibility index (Phi) is 30.0. The Bertz CT molecular complexity index is 5100. The molecule has 15 aromatic rings. The number of phenolic OH excluding ortho intramolecular Hbond substituents is 3. The van der Waals surface area contributed by atoms with Gasteiger partial charge in [-0.2, -0.15) is 0 Å². The molecular weight excluding hydrogens is 1490 g/mol. The second kappa shape index (κ2) is 41.1. The average Bonchev–Trinajstić information content (AvgIpc) is 0.789. The molecule has 3 N–H and O–H groups in total. The van der Waals surface area contributed by atoms with Crippen molar-refractivity contribution in [1.82, 2.24) is 0 Å². The van der Waals surface area contributed by atoms with Crippen molar-refractivity contribution >= 4 is 54.5 Å². The molecule has 8 heteroatoms. The molecule has 0 aliphatic heterocycles. The van der Waals surface area contributed by atoms with Crippen LogP contribution in [0.2, 0.25) is 0 Å². The fraction of sp³-hybridized carbons (Fsp3) is 0.159. The van der Waals surface area contributed by atoms with Gasteiger partial charge in [0.2, 0.25) is 0 Å². The summed E-state index contributed by atoms with van der Waals surface area (Å²) in [5.74, 6) is 1.61. The van der Waals surface area contributed by atoms with Crippen LogP contribution in [0.5, 0.6) is 17.2 Å². The van der Waals surface area contributed by atoms with Crippen LogP contribution in [0.15, 0.2) is 474 Å². The number of aryl methyl sites for hydroxylation is 3. The Hall–Kier alpha value is -10.6. The van der Waals surface area contributed by atoms with Gasteiger partial charge < -0.3 is 15.3 Å². The van der Waals surface area contributed by atoms with Gasteiger partial charge in [0.1, 0.15) is 28.1 Å². The average molecular weight is 1600 g/mol. The fourth-order valence-corrected chi connectivity index (χ4v) is 24.7. The van der Waals surface area contributed by atoms with Crippen molar-refractivity contribution in [3.05, 3.63) is 434 Å². The largest absolute Gasteiger partial charge is 0.508 e. The molecule has 16 rings (SSSR count). The first-order valence-corrected chi connectivity index (χ1v) is 45.8. The van der Waals surface area contributed by atoms with Gasteiger partial charge in [-0.05, 0) is 267 Å². The monoisotopic (exact) mass is 1600 g/mol. The molecular formula is C107H107O3S5+5. The third kappa shape index (κ3) is 23.2. The number of phenols is 3. The van der Waals surface area contributed by atoms with Crippen molar-refractivity contribution in [2.24, 2.45) is 0 Å². The van der Waals surface area contributed by atoms with E-state index in [9.17, 15) is 15.3 Å². The van der Waals surface area contributed by atoms with Crippen LogP contribution < -0.4 is 0 Å². The van der Waals surface area contributed by atoms with Gasteiger partial charge in [0, 0.05) is 16.7 Å². The van der Waals surface area contributed by atoms with Gasteiger partial charge in [-0.15, -0.1) is 0 Å². The predicted octanol–water partition coefficient (Wildman–Crippen LogP) is 28.6. The molecule has 15 aromatic carbocycles. The van der Waals surface area contributed by atoms with Gasteiger partial charge in [-0.3, -0.25) is 0 Å². The molecule has 1 aliphatic carbocycles. The summed E-state index contributed by atoms with van der Waals surface area (Å²) in [6, 6.07) is 140. The molecule has 115 heavy (non-hydrogen) atoms. The van der Waals surface area contributed by atoms with E-state index < -0.39 is 0 Å². The topological polar surface area (TPSA) is 60.7 Å². The molecule has 1 fully saturated rings. The minimum absolute atomic E-state index is 0.0278. The van der Waals surface area contributed by atoms with Crippen LogP contribution >= 0.6 is 0 Å². The van der Waals surface area contributed by atoms with Crippen LogP contribution in [0, 0.1) is 20.8 Å². The van der Waals surface area contributed by atoms with Crippen LogP contribution in [0.25, 0.3) is 0 Å². The molecule has 0 atom stereocenters. The molecule has 1 saturated carbocycles. The normalized spacial score (nSPS) is 12.2. The maximum absolute atomic E-state index is 9.49. The molecule has 0 amide bonds. The van der Waals surface area contributed by atoms with Gasteiger partial charge in [0.15, 0.2) is 73.4 Å². The quantitative estimate of drug-likeness (QED) is 0.0845.